The maximum atomic E-state index is 12.4. The minimum absolute atomic E-state index is 0.101. The van der Waals surface area contributed by atoms with Gasteiger partial charge in [0.15, 0.2) is 0 Å². The van der Waals surface area contributed by atoms with Gasteiger partial charge >= 0.3 is 0 Å². The minimum atomic E-state index is -0.522. The van der Waals surface area contributed by atoms with Crippen LogP contribution in [-0.2, 0) is 4.74 Å². The van der Waals surface area contributed by atoms with Crippen LogP contribution in [0.15, 0.2) is 42.5 Å². The number of hydrogen-bond acceptors (Lipinski definition) is 6. The first-order chi connectivity index (χ1) is 12.0. The van der Waals surface area contributed by atoms with E-state index in [0.29, 0.717) is 11.3 Å². The number of ether oxygens (including phenoxy) is 2. The first-order valence-corrected chi connectivity index (χ1v) is 7.43. The zero-order chi connectivity index (χ0) is 18.0. The highest BCUT2D eigenvalue weighted by atomic mass is 16.6. The second kappa shape index (κ2) is 6.70. The largest absolute Gasteiger partial charge is 0.457 e. The van der Waals surface area contributed by atoms with Crippen LogP contribution in [0.25, 0.3) is 0 Å². The third-order valence-electron chi connectivity index (χ3n) is 3.73. The lowest BCUT2D eigenvalue weighted by Gasteiger charge is -2.12. The Morgan fingerprint density at radius 3 is 2.48 bits per heavy atom. The predicted molar refractivity (Wildman–Crippen MR) is 86.9 cm³/mol. The maximum Gasteiger partial charge on any atom is 0.273 e. The molecule has 2 amide bonds. The molecule has 0 saturated carbocycles. The molecule has 3 rings (SSSR count). The lowest BCUT2D eigenvalue weighted by atomic mass is 10.1. The van der Waals surface area contributed by atoms with E-state index in [9.17, 15) is 19.7 Å². The molecule has 8 heteroatoms. The predicted octanol–water partition coefficient (Wildman–Crippen LogP) is 2.63. The topological polar surface area (TPSA) is 99.0 Å². The van der Waals surface area contributed by atoms with Crippen molar-refractivity contribution in [3.63, 3.8) is 0 Å². The number of amides is 2. The molecule has 2 aromatic carbocycles. The zero-order valence-corrected chi connectivity index (χ0v) is 13.3. The number of imide groups is 1. The van der Waals surface area contributed by atoms with Crippen molar-refractivity contribution >= 4 is 17.5 Å². The number of methoxy groups -OCH3 is 1. The van der Waals surface area contributed by atoms with Gasteiger partial charge in [-0.2, -0.15) is 0 Å². The summed E-state index contributed by atoms with van der Waals surface area (Å²) in [7, 11) is 1.49. The molecule has 0 radical (unpaired) electrons. The fourth-order valence-electron chi connectivity index (χ4n) is 2.52. The number of rotatable bonds is 6. The molecule has 128 valence electrons. The van der Waals surface area contributed by atoms with Gasteiger partial charge < -0.3 is 9.47 Å². The summed E-state index contributed by atoms with van der Waals surface area (Å²) in [6, 6.07) is 10.2. The number of nitrogens with zero attached hydrogens (tertiary/aromatic N) is 2. The van der Waals surface area contributed by atoms with Gasteiger partial charge in [0.1, 0.15) is 11.5 Å². The molecule has 1 aliphatic heterocycles. The van der Waals surface area contributed by atoms with Gasteiger partial charge in [-0.15, -0.1) is 0 Å². The number of nitro groups is 1. The van der Waals surface area contributed by atoms with E-state index < -0.39 is 10.8 Å². The van der Waals surface area contributed by atoms with Crippen molar-refractivity contribution in [2.45, 2.75) is 0 Å². The van der Waals surface area contributed by atoms with E-state index in [0.717, 1.165) is 4.90 Å². The molecule has 0 spiro atoms. The molecule has 8 nitrogen and oxygen atoms in total. The molecular weight excluding hydrogens is 328 g/mol. The quantitative estimate of drug-likeness (QED) is 0.454. The van der Waals surface area contributed by atoms with Gasteiger partial charge in [-0.05, 0) is 24.3 Å². The van der Waals surface area contributed by atoms with Gasteiger partial charge in [-0.25, -0.2) is 0 Å². The monoisotopic (exact) mass is 342 g/mol. The van der Waals surface area contributed by atoms with Gasteiger partial charge in [0, 0.05) is 13.2 Å². The minimum Gasteiger partial charge on any atom is -0.457 e. The van der Waals surface area contributed by atoms with Gasteiger partial charge in [-0.1, -0.05) is 6.07 Å². The smallest absolute Gasteiger partial charge is 0.273 e. The molecule has 1 heterocycles. The summed E-state index contributed by atoms with van der Waals surface area (Å²) in [5.41, 5.74) is 0.437. The van der Waals surface area contributed by atoms with Crippen LogP contribution in [0.3, 0.4) is 0 Å². The molecule has 0 atom stereocenters. The van der Waals surface area contributed by atoms with Crippen LogP contribution >= 0.6 is 0 Å². The Bertz CT molecular complexity index is 864. The molecule has 0 saturated heterocycles. The summed E-state index contributed by atoms with van der Waals surface area (Å²) in [4.78, 5) is 36.0. The average Bonchev–Trinajstić information content (AvgIpc) is 2.84. The summed E-state index contributed by atoms with van der Waals surface area (Å²) in [5.74, 6) is -0.211. The van der Waals surface area contributed by atoms with Crippen LogP contribution in [0.2, 0.25) is 0 Å². The summed E-state index contributed by atoms with van der Waals surface area (Å²) in [5, 5.41) is 10.8. The van der Waals surface area contributed by atoms with Gasteiger partial charge in [-0.3, -0.25) is 24.6 Å². The summed E-state index contributed by atoms with van der Waals surface area (Å²) >= 11 is 0. The molecular formula is C17H14N2O6. The number of carbonyl (C=O) groups is 2. The van der Waals surface area contributed by atoms with E-state index in [4.69, 9.17) is 9.47 Å². The highest BCUT2D eigenvalue weighted by Crippen LogP contribution is 2.30. The first-order valence-electron chi connectivity index (χ1n) is 7.43. The normalized spacial score (nSPS) is 13.1. The van der Waals surface area contributed by atoms with Crippen molar-refractivity contribution < 1.29 is 24.0 Å². The summed E-state index contributed by atoms with van der Waals surface area (Å²) in [6.07, 6.45) is 0. The molecule has 0 bridgehead atoms. The standard InChI is InChI=1S/C17H14N2O6/c1-24-8-7-18-16(20)14-6-5-13(10-15(14)17(18)21)25-12-4-2-3-11(9-12)19(22)23/h2-6,9-10H,7-8H2,1H3. The van der Waals surface area contributed by atoms with Crippen molar-refractivity contribution in [3.8, 4) is 11.5 Å². The van der Waals surface area contributed by atoms with E-state index in [1.807, 2.05) is 0 Å². The molecule has 0 unspecified atom stereocenters. The van der Waals surface area contributed by atoms with E-state index >= 15 is 0 Å². The fraction of sp³-hybridized carbons (Fsp3) is 0.176. The zero-order valence-electron chi connectivity index (χ0n) is 13.3. The highest BCUT2D eigenvalue weighted by Gasteiger charge is 2.35. The van der Waals surface area contributed by atoms with Crippen molar-refractivity contribution in [1.29, 1.82) is 0 Å². The van der Waals surface area contributed by atoms with Gasteiger partial charge in [0.25, 0.3) is 17.5 Å². The first kappa shape index (κ1) is 16.6. The fourth-order valence-corrected chi connectivity index (χ4v) is 2.52. The van der Waals surface area contributed by atoms with E-state index in [1.54, 1.807) is 12.1 Å². The second-order valence-corrected chi connectivity index (χ2v) is 5.32. The van der Waals surface area contributed by atoms with E-state index in [-0.39, 0.29) is 36.1 Å². The summed E-state index contributed by atoms with van der Waals surface area (Å²) < 4.78 is 10.5. The van der Waals surface area contributed by atoms with Gasteiger partial charge in [0.05, 0.1) is 35.3 Å². The number of carbonyl (C=O) groups excluding carboxylic acids is 2. The van der Waals surface area contributed by atoms with Crippen molar-refractivity contribution in [1.82, 2.24) is 4.90 Å². The van der Waals surface area contributed by atoms with Crippen LogP contribution < -0.4 is 4.74 Å². The lowest BCUT2D eigenvalue weighted by molar-refractivity contribution is -0.384. The highest BCUT2D eigenvalue weighted by molar-refractivity contribution is 6.21. The third kappa shape index (κ3) is 3.20. The molecule has 2 aromatic rings. The molecule has 0 aromatic heterocycles. The number of fused-ring (bicyclic) bond motifs is 1. The Labute approximate surface area is 142 Å². The maximum absolute atomic E-state index is 12.4. The molecule has 0 fully saturated rings. The number of benzene rings is 2. The molecule has 25 heavy (non-hydrogen) atoms. The Kier molecular flexibility index (Phi) is 4.44. The summed E-state index contributed by atoms with van der Waals surface area (Å²) in [6.45, 7) is 0.423. The van der Waals surface area contributed by atoms with Crippen molar-refractivity contribution in [2.75, 3.05) is 20.3 Å². The Morgan fingerprint density at radius 1 is 1.04 bits per heavy atom. The van der Waals surface area contributed by atoms with E-state index in [2.05, 4.69) is 0 Å². The Morgan fingerprint density at radius 2 is 1.76 bits per heavy atom. The van der Waals surface area contributed by atoms with Crippen LogP contribution in [0.1, 0.15) is 20.7 Å². The molecule has 1 aliphatic rings. The van der Waals surface area contributed by atoms with Crippen molar-refractivity contribution in [2.24, 2.45) is 0 Å². The van der Waals surface area contributed by atoms with E-state index in [1.165, 1.54) is 37.4 Å². The number of nitro benzene ring substituents is 1. The lowest BCUT2D eigenvalue weighted by Crippen LogP contribution is -2.32. The molecule has 0 N–H and O–H groups in total. The Hall–Kier alpha value is -3.26. The van der Waals surface area contributed by atoms with Crippen LogP contribution in [-0.4, -0.2) is 41.9 Å². The Balaban J connectivity index is 1.85. The van der Waals surface area contributed by atoms with Crippen LogP contribution in [0, 0.1) is 10.1 Å². The van der Waals surface area contributed by atoms with Gasteiger partial charge in [0.2, 0.25) is 0 Å². The van der Waals surface area contributed by atoms with Crippen molar-refractivity contribution in [3.05, 3.63) is 63.7 Å². The number of hydrogen-bond donors (Lipinski definition) is 0. The van der Waals surface area contributed by atoms with Crippen LogP contribution in [0.5, 0.6) is 11.5 Å². The average molecular weight is 342 g/mol. The second-order valence-electron chi connectivity index (χ2n) is 5.32. The SMILES string of the molecule is COCCN1C(=O)c2ccc(Oc3cccc([N+](=O)[O-])c3)cc2C1=O. The number of non-ortho nitro benzene ring substituents is 1. The third-order valence-corrected chi connectivity index (χ3v) is 3.73. The van der Waals surface area contributed by atoms with Crippen LogP contribution in [0.4, 0.5) is 5.69 Å². The molecule has 0 aliphatic carbocycles.